The Kier molecular flexibility index (Phi) is 4.21. The minimum absolute atomic E-state index is 0.163. The number of hydrogen-bond acceptors (Lipinski definition) is 3. The Bertz CT molecular complexity index is 350. The first-order valence-electron chi connectivity index (χ1n) is 5.22. The summed E-state index contributed by atoms with van der Waals surface area (Å²) in [6.07, 6.45) is 0.689. The van der Waals surface area contributed by atoms with Gasteiger partial charge in [-0.05, 0) is 20.8 Å². The highest BCUT2D eigenvalue weighted by Crippen LogP contribution is 2.36. The molecular weight excluding hydrogens is 226 g/mol. The molecule has 0 aromatic rings. The number of ether oxygens (including phenoxy) is 2. The van der Waals surface area contributed by atoms with E-state index in [9.17, 15) is 5.26 Å². The zero-order chi connectivity index (χ0) is 12.2. The summed E-state index contributed by atoms with van der Waals surface area (Å²) in [6.45, 7) is 5.32. The molecule has 1 aliphatic rings. The molecule has 0 saturated carbocycles. The highest BCUT2D eigenvalue weighted by molar-refractivity contribution is 6.18. The molecule has 0 aliphatic carbocycles. The average molecular weight is 242 g/mol. The van der Waals surface area contributed by atoms with Gasteiger partial charge in [0, 0.05) is 12.3 Å². The number of halogens is 1. The molecule has 0 unspecified atom stereocenters. The van der Waals surface area contributed by atoms with E-state index >= 15 is 0 Å². The van der Waals surface area contributed by atoms with Crippen LogP contribution in [0.4, 0.5) is 0 Å². The third-order valence-electron chi connectivity index (χ3n) is 2.38. The zero-order valence-electron chi connectivity index (χ0n) is 9.84. The molecule has 1 heterocycles. The first-order valence-corrected chi connectivity index (χ1v) is 5.75. The van der Waals surface area contributed by atoms with Crippen molar-refractivity contribution >= 4 is 11.6 Å². The van der Waals surface area contributed by atoms with Crippen LogP contribution in [0.5, 0.6) is 0 Å². The second-order valence-electron chi connectivity index (χ2n) is 4.31. The summed E-state index contributed by atoms with van der Waals surface area (Å²) >= 11 is 5.80. The van der Waals surface area contributed by atoms with Crippen molar-refractivity contribution in [2.45, 2.75) is 51.1 Å². The van der Waals surface area contributed by atoms with Crippen molar-refractivity contribution < 1.29 is 9.47 Å². The van der Waals surface area contributed by atoms with Gasteiger partial charge in [0.2, 0.25) is 0 Å². The van der Waals surface area contributed by atoms with Crippen LogP contribution >= 0.6 is 11.6 Å². The van der Waals surface area contributed by atoms with E-state index in [1.807, 2.05) is 0 Å². The van der Waals surface area contributed by atoms with Crippen molar-refractivity contribution in [3.8, 4) is 17.9 Å². The van der Waals surface area contributed by atoms with Crippen LogP contribution in [0.1, 0.15) is 33.6 Å². The van der Waals surface area contributed by atoms with Crippen molar-refractivity contribution in [1.82, 2.24) is 0 Å². The number of alkyl halides is 1. The van der Waals surface area contributed by atoms with Crippen molar-refractivity contribution in [3.05, 3.63) is 0 Å². The average Bonchev–Trinajstić information content (AvgIpc) is 2.24. The maximum absolute atomic E-state index is 9.27. The van der Waals surface area contributed by atoms with E-state index in [2.05, 4.69) is 17.9 Å². The summed E-state index contributed by atoms with van der Waals surface area (Å²) in [7, 11) is 0. The lowest BCUT2D eigenvalue weighted by Gasteiger charge is -2.43. The molecular formula is C12H16ClNO2. The largest absolute Gasteiger partial charge is 0.346 e. The molecule has 4 heteroatoms. The van der Waals surface area contributed by atoms with Crippen LogP contribution in [0.2, 0.25) is 0 Å². The summed E-state index contributed by atoms with van der Waals surface area (Å²) in [5.41, 5.74) is -0.898. The van der Waals surface area contributed by atoms with Gasteiger partial charge in [-0.3, -0.25) is 0 Å². The van der Waals surface area contributed by atoms with E-state index < -0.39 is 11.4 Å². The molecule has 1 rings (SSSR count). The molecule has 1 saturated heterocycles. The Hall–Kier alpha value is -0.740. The molecule has 2 atom stereocenters. The van der Waals surface area contributed by atoms with Crippen LogP contribution in [-0.2, 0) is 9.47 Å². The van der Waals surface area contributed by atoms with E-state index in [0.717, 1.165) is 0 Å². The Morgan fingerprint density at radius 3 is 2.69 bits per heavy atom. The maximum atomic E-state index is 9.27. The standard InChI is InChI=1S/C12H16ClNO2/c1-4-5-6-12(9-14)7-10(8-13)15-11(2,3)16-12/h10H,6-8H2,1-3H3/t10-,12+/m0/s1. The molecule has 0 amide bonds. The molecule has 16 heavy (non-hydrogen) atoms. The Balaban J connectivity index is 2.90. The minimum atomic E-state index is -0.898. The summed E-state index contributed by atoms with van der Waals surface area (Å²) in [5.74, 6) is 5.24. The van der Waals surface area contributed by atoms with Gasteiger partial charge in [0.05, 0.1) is 18.6 Å². The normalized spacial score (nSPS) is 32.3. The third-order valence-corrected chi connectivity index (χ3v) is 2.72. The topological polar surface area (TPSA) is 42.2 Å². The van der Waals surface area contributed by atoms with Crippen LogP contribution in [0.25, 0.3) is 0 Å². The number of nitrogens with zero attached hydrogens (tertiary/aromatic N) is 1. The van der Waals surface area contributed by atoms with E-state index in [4.69, 9.17) is 21.1 Å². The third kappa shape index (κ3) is 3.12. The molecule has 0 radical (unpaired) electrons. The zero-order valence-corrected chi connectivity index (χ0v) is 10.6. The van der Waals surface area contributed by atoms with Gasteiger partial charge in [-0.25, -0.2) is 0 Å². The first kappa shape index (κ1) is 13.3. The van der Waals surface area contributed by atoms with Gasteiger partial charge in [0.1, 0.15) is 0 Å². The van der Waals surface area contributed by atoms with Gasteiger partial charge < -0.3 is 9.47 Å². The smallest absolute Gasteiger partial charge is 0.170 e. The lowest BCUT2D eigenvalue weighted by atomic mass is 9.92. The van der Waals surface area contributed by atoms with Gasteiger partial charge >= 0.3 is 0 Å². The van der Waals surface area contributed by atoms with E-state index in [-0.39, 0.29) is 6.10 Å². The van der Waals surface area contributed by atoms with E-state index in [0.29, 0.717) is 18.7 Å². The summed E-state index contributed by atoms with van der Waals surface area (Å²) in [5, 5.41) is 9.27. The quantitative estimate of drug-likeness (QED) is 0.551. The molecule has 0 aromatic heterocycles. The molecule has 1 aliphatic heterocycles. The summed E-state index contributed by atoms with van der Waals surface area (Å²) in [4.78, 5) is 0. The Labute approximate surface area is 102 Å². The second kappa shape index (κ2) is 5.06. The van der Waals surface area contributed by atoms with Crippen molar-refractivity contribution in [3.63, 3.8) is 0 Å². The highest BCUT2D eigenvalue weighted by Gasteiger charge is 2.45. The van der Waals surface area contributed by atoms with Gasteiger partial charge in [0.25, 0.3) is 0 Å². The molecule has 0 N–H and O–H groups in total. The van der Waals surface area contributed by atoms with Gasteiger partial charge in [-0.1, -0.05) is 5.92 Å². The SMILES string of the molecule is CC#CC[C@]1(C#N)C[C@@H](CCl)OC(C)(C)O1. The fraction of sp³-hybridized carbons (Fsp3) is 0.750. The van der Waals surface area contributed by atoms with E-state index in [1.54, 1.807) is 20.8 Å². The van der Waals surface area contributed by atoms with Gasteiger partial charge in [-0.15, -0.1) is 17.5 Å². The number of hydrogen-bond donors (Lipinski definition) is 0. The molecule has 0 aromatic carbocycles. The van der Waals surface area contributed by atoms with E-state index in [1.165, 1.54) is 0 Å². The van der Waals surface area contributed by atoms with Gasteiger partial charge in [-0.2, -0.15) is 5.26 Å². The van der Waals surface area contributed by atoms with Crippen molar-refractivity contribution in [2.24, 2.45) is 0 Å². The van der Waals surface area contributed by atoms with Crippen LogP contribution in [-0.4, -0.2) is 23.4 Å². The van der Waals surface area contributed by atoms with Crippen LogP contribution in [0.15, 0.2) is 0 Å². The molecule has 0 bridgehead atoms. The maximum Gasteiger partial charge on any atom is 0.170 e. The lowest BCUT2D eigenvalue weighted by Crippen LogP contribution is -2.52. The Morgan fingerprint density at radius 2 is 2.19 bits per heavy atom. The fourth-order valence-corrected chi connectivity index (χ4v) is 2.05. The molecule has 1 fully saturated rings. The van der Waals surface area contributed by atoms with Crippen LogP contribution in [0.3, 0.4) is 0 Å². The minimum Gasteiger partial charge on any atom is -0.346 e. The molecule has 0 spiro atoms. The van der Waals surface area contributed by atoms with Crippen molar-refractivity contribution in [1.29, 1.82) is 5.26 Å². The van der Waals surface area contributed by atoms with Crippen molar-refractivity contribution in [2.75, 3.05) is 5.88 Å². The van der Waals surface area contributed by atoms with Crippen LogP contribution in [0, 0.1) is 23.2 Å². The number of nitriles is 1. The monoisotopic (exact) mass is 241 g/mol. The molecule has 3 nitrogen and oxygen atoms in total. The Morgan fingerprint density at radius 1 is 1.50 bits per heavy atom. The van der Waals surface area contributed by atoms with Crippen LogP contribution < -0.4 is 0 Å². The van der Waals surface area contributed by atoms with Gasteiger partial charge in [0.15, 0.2) is 11.4 Å². The predicted molar refractivity (Wildman–Crippen MR) is 61.8 cm³/mol. The summed E-state index contributed by atoms with van der Waals surface area (Å²) in [6, 6.07) is 2.21. The first-order chi connectivity index (χ1) is 7.47. The fourth-order valence-electron chi connectivity index (χ4n) is 1.88. The lowest BCUT2D eigenvalue weighted by molar-refractivity contribution is -0.314. The second-order valence-corrected chi connectivity index (χ2v) is 4.62. The summed E-state index contributed by atoms with van der Waals surface area (Å²) < 4.78 is 11.3. The predicted octanol–water partition coefficient (Wildman–Crippen LogP) is 2.44. The molecule has 88 valence electrons. The number of rotatable bonds is 2. The highest BCUT2D eigenvalue weighted by atomic mass is 35.5.